The molecule has 0 saturated heterocycles. The molecule has 0 atom stereocenters. The molecule has 0 spiro atoms. The molecule has 186 valence electrons. The van der Waals surface area contributed by atoms with Crippen LogP contribution < -0.4 is 15.1 Å². The molecule has 2 aromatic heterocycles. The zero-order valence-electron chi connectivity index (χ0n) is 17.6. The van der Waals surface area contributed by atoms with Gasteiger partial charge in [-0.3, -0.25) is 19.1 Å². The summed E-state index contributed by atoms with van der Waals surface area (Å²) < 4.78 is 80.5. The van der Waals surface area contributed by atoms with Crippen LogP contribution in [0.15, 0.2) is 41.3 Å². The van der Waals surface area contributed by atoms with Gasteiger partial charge in [-0.15, -0.1) is 0 Å². The molecule has 0 aliphatic carbocycles. The second-order valence-electron chi connectivity index (χ2n) is 6.85. The maximum atomic E-state index is 15.0. The number of carbonyl (C=O) groups excluding carboxylic acids is 1. The van der Waals surface area contributed by atoms with E-state index in [4.69, 9.17) is 23.2 Å². The molecule has 1 amide bonds. The van der Waals surface area contributed by atoms with Crippen molar-refractivity contribution in [3.8, 4) is 22.7 Å². The van der Waals surface area contributed by atoms with Gasteiger partial charge in [-0.1, -0.05) is 29.3 Å². The van der Waals surface area contributed by atoms with Crippen LogP contribution in [-0.4, -0.2) is 36.4 Å². The van der Waals surface area contributed by atoms with Crippen molar-refractivity contribution in [2.24, 2.45) is 0 Å². The fourth-order valence-electron chi connectivity index (χ4n) is 2.99. The quantitative estimate of drug-likeness (QED) is 0.287. The summed E-state index contributed by atoms with van der Waals surface area (Å²) >= 11 is 12.0. The van der Waals surface area contributed by atoms with Crippen molar-refractivity contribution in [3.63, 3.8) is 0 Å². The maximum absolute atomic E-state index is 15.0. The Labute approximate surface area is 205 Å². The van der Waals surface area contributed by atoms with E-state index in [1.807, 2.05) is 0 Å². The highest BCUT2D eigenvalue weighted by Crippen LogP contribution is 2.33. The largest absolute Gasteiger partial charge is 0.534 e. The van der Waals surface area contributed by atoms with Crippen LogP contribution in [0.3, 0.4) is 0 Å². The molecule has 0 fully saturated rings. The predicted molar refractivity (Wildman–Crippen MR) is 119 cm³/mol. The first kappa shape index (κ1) is 26.4. The maximum Gasteiger partial charge on any atom is 0.534 e. The zero-order chi connectivity index (χ0) is 26.3. The number of hydrogen-bond acceptors (Lipinski definition) is 6. The lowest BCUT2D eigenvalue weighted by Crippen LogP contribution is -2.29. The lowest BCUT2D eigenvalue weighted by Gasteiger charge is -2.16. The third-order valence-electron chi connectivity index (χ3n) is 4.61. The van der Waals surface area contributed by atoms with Crippen molar-refractivity contribution < 1.29 is 35.0 Å². The SMILES string of the molecule is CNC(=O)c1cccc(-c2cc(-n3c(C)cc(OS(=O)(=O)C(F)(F)F)c(Cl)c3=O)c(Cl)cn2)c1F. The van der Waals surface area contributed by atoms with Crippen LogP contribution in [-0.2, 0) is 10.1 Å². The second kappa shape index (κ2) is 9.47. The molecule has 1 aromatic carbocycles. The summed E-state index contributed by atoms with van der Waals surface area (Å²) in [6.07, 6.45) is 1.08. The molecule has 0 aliphatic rings. The number of nitrogens with zero attached hydrogens (tertiary/aromatic N) is 2. The first-order valence-electron chi connectivity index (χ1n) is 9.29. The topological polar surface area (TPSA) is 107 Å². The Morgan fingerprint density at radius 3 is 2.46 bits per heavy atom. The highest BCUT2D eigenvalue weighted by atomic mass is 35.5. The molecule has 15 heteroatoms. The first-order chi connectivity index (χ1) is 16.2. The standard InChI is InChI=1S/C20H13Cl2F4N3O5S/c1-9-6-15(34-35(32,33)20(24,25)26)16(22)19(31)29(9)14-7-13(28-8-12(14)21)10-4-3-5-11(17(10)23)18(30)27-2/h3-8H,1-2H3,(H,27,30). The minimum absolute atomic E-state index is 0.0462. The van der Waals surface area contributed by atoms with Crippen LogP contribution in [0, 0.1) is 12.7 Å². The highest BCUT2D eigenvalue weighted by Gasteiger charge is 2.49. The molecule has 3 aromatic rings. The summed E-state index contributed by atoms with van der Waals surface area (Å²) in [4.78, 5) is 28.8. The summed E-state index contributed by atoms with van der Waals surface area (Å²) in [5, 5.41) is 1.18. The van der Waals surface area contributed by atoms with Gasteiger partial charge in [0.05, 0.1) is 22.0 Å². The van der Waals surface area contributed by atoms with E-state index in [0.29, 0.717) is 0 Å². The van der Waals surface area contributed by atoms with E-state index in [9.17, 15) is 35.6 Å². The van der Waals surface area contributed by atoms with Crippen molar-refractivity contribution in [1.29, 1.82) is 0 Å². The third-order valence-corrected chi connectivity index (χ3v) is 6.21. The Hall–Kier alpha value is -3.16. The fourth-order valence-corrected chi connectivity index (χ4v) is 3.87. The lowest BCUT2D eigenvalue weighted by atomic mass is 10.1. The average Bonchev–Trinajstić information content (AvgIpc) is 2.77. The van der Waals surface area contributed by atoms with Gasteiger partial charge in [0.1, 0.15) is 10.8 Å². The molecule has 0 unspecified atom stereocenters. The van der Waals surface area contributed by atoms with Crippen LogP contribution >= 0.6 is 23.2 Å². The molecule has 2 heterocycles. The molecular formula is C20H13Cl2F4N3O5S. The summed E-state index contributed by atoms with van der Waals surface area (Å²) in [6, 6.07) is 5.95. The van der Waals surface area contributed by atoms with Crippen molar-refractivity contribution in [3.05, 3.63) is 74.0 Å². The predicted octanol–water partition coefficient (Wildman–Crippen LogP) is 4.24. The smallest absolute Gasteiger partial charge is 0.374 e. The Balaban J connectivity index is 2.18. The third kappa shape index (κ3) is 4.97. The van der Waals surface area contributed by atoms with Gasteiger partial charge < -0.3 is 9.50 Å². The number of alkyl halides is 3. The number of aromatic nitrogens is 2. The van der Waals surface area contributed by atoms with Crippen LogP contribution in [0.4, 0.5) is 17.6 Å². The molecule has 35 heavy (non-hydrogen) atoms. The molecule has 0 aliphatic heterocycles. The van der Waals surface area contributed by atoms with Gasteiger partial charge in [0.15, 0.2) is 5.75 Å². The number of hydrogen-bond donors (Lipinski definition) is 1. The Bertz CT molecular complexity index is 1510. The van der Waals surface area contributed by atoms with Gasteiger partial charge in [0.2, 0.25) is 0 Å². The van der Waals surface area contributed by atoms with Gasteiger partial charge >= 0.3 is 15.6 Å². The van der Waals surface area contributed by atoms with Crippen LogP contribution in [0.25, 0.3) is 16.9 Å². The molecule has 3 rings (SSSR count). The normalized spacial score (nSPS) is 11.9. The van der Waals surface area contributed by atoms with Gasteiger partial charge in [0, 0.05) is 30.6 Å². The summed E-state index contributed by atoms with van der Waals surface area (Å²) in [5.74, 6) is -2.64. The number of rotatable bonds is 5. The van der Waals surface area contributed by atoms with E-state index < -0.39 is 43.7 Å². The van der Waals surface area contributed by atoms with E-state index in [1.54, 1.807) is 0 Å². The number of aryl methyl sites for hydroxylation is 1. The number of amides is 1. The Morgan fingerprint density at radius 2 is 1.86 bits per heavy atom. The molecule has 0 saturated carbocycles. The molecule has 0 bridgehead atoms. The van der Waals surface area contributed by atoms with Gasteiger partial charge in [0.25, 0.3) is 11.5 Å². The molecule has 0 radical (unpaired) electrons. The lowest BCUT2D eigenvalue weighted by molar-refractivity contribution is -0.0500. The van der Waals surface area contributed by atoms with Crippen LogP contribution in [0.2, 0.25) is 10.0 Å². The van der Waals surface area contributed by atoms with E-state index in [2.05, 4.69) is 14.5 Å². The monoisotopic (exact) mass is 553 g/mol. The van der Waals surface area contributed by atoms with Gasteiger partial charge in [-0.25, -0.2) is 4.39 Å². The fraction of sp³-hybridized carbons (Fsp3) is 0.150. The average molecular weight is 554 g/mol. The minimum atomic E-state index is -6.10. The second-order valence-corrected chi connectivity index (χ2v) is 9.18. The summed E-state index contributed by atoms with van der Waals surface area (Å²) in [6.45, 7) is 1.24. The number of nitrogens with one attached hydrogen (secondary N) is 1. The van der Waals surface area contributed by atoms with Crippen LogP contribution in [0.5, 0.6) is 5.75 Å². The minimum Gasteiger partial charge on any atom is -0.374 e. The molecule has 1 N–H and O–H groups in total. The van der Waals surface area contributed by atoms with E-state index in [0.717, 1.165) is 16.8 Å². The number of carbonyl (C=O) groups is 1. The van der Waals surface area contributed by atoms with Crippen LogP contribution in [0.1, 0.15) is 16.1 Å². The molecule has 8 nitrogen and oxygen atoms in total. The van der Waals surface area contributed by atoms with Gasteiger partial charge in [-0.2, -0.15) is 21.6 Å². The zero-order valence-corrected chi connectivity index (χ0v) is 19.9. The number of pyridine rings is 2. The molecular weight excluding hydrogens is 541 g/mol. The number of benzene rings is 1. The van der Waals surface area contributed by atoms with Gasteiger partial charge in [-0.05, 0) is 25.1 Å². The first-order valence-corrected chi connectivity index (χ1v) is 11.5. The summed E-state index contributed by atoms with van der Waals surface area (Å²) in [5.41, 5.74) is -7.58. The van der Waals surface area contributed by atoms with Crippen molar-refractivity contribution in [2.45, 2.75) is 12.4 Å². The highest BCUT2D eigenvalue weighted by molar-refractivity contribution is 7.88. The number of halogens is 6. The van der Waals surface area contributed by atoms with E-state index >= 15 is 0 Å². The van der Waals surface area contributed by atoms with E-state index in [1.165, 1.54) is 38.2 Å². The Kier molecular flexibility index (Phi) is 7.16. The van der Waals surface area contributed by atoms with Crippen molar-refractivity contribution >= 4 is 39.2 Å². The van der Waals surface area contributed by atoms with Crippen molar-refractivity contribution in [1.82, 2.24) is 14.9 Å². The summed E-state index contributed by atoms with van der Waals surface area (Å²) in [7, 11) is -4.78. The van der Waals surface area contributed by atoms with E-state index in [-0.39, 0.29) is 33.2 Å². The van der Waals surface area contributed by atoms with Crippen molar-refractivity contribution in [2.75, 3.05) is 7.05 Å². The Morgan fingerprint density at radius 1 is 1.20 bits per heavy atom.